The van der Waals surface area contributed by atoms with Gasteiger partial charge in [-0.25, -0.2) is 4.52 Å². The Morgan fingerprint density at radius 2 is 2.11 bits per heavy atom. The molecule has 11 nitrogen and oxygen atoms in total. The van der Waals surface area contributed by atoms with Gasteiger partial charge in [0.05, 0.1) is 59.3 Å². The highest BCUT2D eigenvalue weighted by atomic mass is 32.1. The average Bonchev–Trinajstić information content (AvgIpc) is 3.64. The molecule has 3 N–H and O–H groups in total. The summed E-state index contributed by atoms with van der Waals surface area (Å²) in [5.41, 5.74) is 3.15. The second-order valence-corrected chi connectivity index (χ2v) is 9.84. The lowest BCUT2D eigenvalue weighted by Gasteiger charge is -2.12. The Hall–Kier alpha value is -3.61. The highest BCUT2D eigenvalue weighted by Crippen LogP contribution is 2.31. The molecule has 0 bridgehead atoms. The van der Waals surface area contributed by atoms with E-state index in [0.29, 0.717) is 48.1 Å². The molecular formula is C24H28N8O3S. The van der Waals surface area contributed by atoms with E-state index >= 15 is 0 Å². The smallest absolute Gasteiger partial charge is 0.260 e. The lowest BCUT2D eigenvalue weighted by atomic mass is 10.0. The first-order valence-electron chi connectivity index (χ1n) is 11.8. The van der Waals surface area contributed by atoms with Crippen molar-refractivity contribution >= 4 is 39.4 Å². The van der Waals surface area contributed by atoms with Gasteiger partial charge in [-0.2, -0.15) is 10.2 Å². The van der Waals surface area contributed by atoms with Crippen molar-refractivity contribution in [3.8, 4) is 10.4 Å². The maximum atomic E-state index is 13.2. The largest absolute Gasteiger partial charge is 0.383 e. The third-order valence-electron chi connectivity index (χ3n) is 6.14. The van der Waals surface area contributed by atoms with Crippen LogP contribution in [0.2, 0.25) is 0 Å². The highest BCUT2D eigenvalue weighted by Gasteiger charge is 2.20. The van der Waals surface area contributed by atoms with Gasteiger partial charge in [0, 0.05) is 31.5 Å². The van der Waals surface area contributed by atoms with Crippen molar-refractivity contribution in [2.75, 3.05) is 37.4 Å². The number of aryl methyl sites for hydroxylation is 1. The molecule has 0 aliphatic carbocycles. The Balaban J connectivity index is 1.29. The number of hydrogen-bond donors (Lipinski definition) is 3. The lowest BCUT2D eigenvalue weighted by molar-refractivity contribution is -0.116. The van der Waals surface area contributed by atoms with Crippen molar-refractivity contribution in [2.45, 2.75) is 26.3 Å². The van der Waals surface area contributed by atoms with Crippen molar-refractivity contribution in [1.29, 1.82) is 0 Å². The lowest BCUT2D eigenvalue weighted by Crippen LogP contribution is -2.19. The van der Waals surface area contributed by atoms with Crippen LogP contribution < -0.4 is 16.0 Å². The number of thiazole rings is 1. The second-order valence-electron chi connectivity index (χ2n) is 8.81. The number of methoxy groups -OCH3 is 1. The number of rotatable bonds is 9. The minimum atomic E-state index is -0.292. The number of anilines is 2. The van der Waals surface area contributed by atoms with Crippen LogP contribution in [0.1, 0.15) is 28.9 Å². The molecule has 0 spiro atoms. The molecule has 1 aliphatic rings. The molecule has 12 heteroatoms. The molecule has 2 amide bonds. The number of carbonyl (C=O) groups is 2. The molecule has 1 fully saturated rings. The number of amides is 2. The zero-order valence-corrected chi connectivity index (χ0v) is 21.0. The van der Waals surface area contributed by atoms with E-state index in [1.54, 1.807) is 36.3 Å². The zero-order valence-electron chi connectivity index (χ0n) is 20.2. The van der Waals surface area contributed by atoms with Crippen LogP contribution in [0, 0.1) is 12.8 Å². The molecule has 0 saturated carbocycles. The minimum absolute atomic E-state index is 0.0540. The van der Waals surface area contributed by atoms with Crippen molar-refractivity contribution in [2.24, 2.45) is 5.92 Å². The van der Waals surface area contributed by atoms with Crippen LogP contribution >= 0.6 is 11.3 Å². The quantitative estimate of drug-likeness (QED) is 0.317. The normalized spacial score (nSPS) is 15.4. The van der Waals surface area contributed by atoms with Crippen LogP contribution in [0.3, 0.4) is 0 Å². The molecular weight excluding hydrogens is 480 g/mol. The van der Waals surface area contributed by atoms with Crippen LogP contribution in [0.25, 0.3) is 15.3 Å². The Morgan fingerprint density at radius 1 is 1.22 bits per heavy atom. The number of aromatic nitrogens is 5. The summed E-state index contributed by atoms with van der Waals surface area (Å²) in [6, 6.07) is 1.74. The van der Waals surface area contributed by atoms with Crippen molar-refractivity contribution in [3.63, 3.8) is 0 Å². The van der Waals surface area contributed by atoms with E-state index in [4.69, 9.17) is 4.74 Å². The summed E-state index contributed by atoms with van der Waals surface area (Å²) in [6.07, 6.45) is 10.2. The van der Waals surface area contributed by atoms with Gasteiger partial charge in [-0.05, 0) is 38.4 Å². The first kappa shape index (κ1) is 24.1. The van der Waals surface area contributed by atoms with Crippen LogP contribution in [0.5, 0.6) is 0 Å². The average molecular weight is 509 g/mol. The minimum Gasteiger partial charge on any atom is -0.383 e. The predicted molar refractivity (Wildman–Crippen MR) is 137 cm³/mol. The van der Waals surface area contributed by atoms with Crippen LogP contribution in [-0.4, -0.2) is 63.0 Å². The molecule has 0 unspecified atom stereocenters. The van der Waals surface area contributed by atoms with E-state index in [0.717, 1.165) is 34.8 Å². The number of hydrogen-bond acceptors (Lipinski definition) is 8. The number of ether oxygens (including phenoxy) is 1. The maximum absolute atomic E-state index is 13.2. The molecule has 188 valence electrons. The van der Waals surface area contributed by atoms with Crippen molar-refractivity contribution in [3.05, 3.63) is 48.3 Å². The van der Waals surface area contributed by atoms with Gasteiger partial charge >= 0.3 is 0 Å². The van der Waals surface area contributed by atoms with E-state index < -0.39 is 0 Å². The third kappa shape index (κ3) is 5.30. The Kier molecular flexibility index (Phi) is 7.07. The fourth-order valence-electron chi connectivity index (χ4n) is 4.15. The molecule has 1 atom stereocenters. The second kappa shape index (κ2) is 10.6. The van der Waals surface area contributed by atoms with Gasteiger partial charge in [0.1, 0.15) is 4.83 Å². The zero-order chi connectivity index (χ0) is 25.1. The summed E-state index contributed by atoms with van der Waals surface area (Å²) in [6.45, 7) is 4.87. The van der Waals surface area contributed by atoms with E-state index in [9.17, 15) is 9.59 Å². The molecule has 4 aromatic rings. The van der Waals surface area contributed by atoms with Gasteiger partial charge in [0.2, 0.25) is 5.91 Å². The topological polar surface area (TPSA) is 127 Å². The van der Waals surface area contributed by atoms with Crippen LogP contribution in [-0.2, 0) is 16.1 Å². The fourth-order valence-corrected chi connectivity index (χ4v) is 5.19. The van der Waals surface area contributed by atoms with Gasteiger partial charge in [-0.15, -0.1) is 11.3 Å². The van der Waals surface area contributed by atoms with Crippen molar-refractivity contribution < 1.29 is 14.3 Å². The van der Waals surface area contributed by atoms with E-state index in [1.807, 2.05) is 24.0 Å². The number of pyridine rings is 1. The monoisotopic (exact) mass is 508 g/mol. The molecule has 5 heterocycles. The maximum Gasteiger partial charge on any atom is 0.260 e. The fraction of sp³-hybridized carbons (Fsp3) is 0.375. The molecule has 4 aromatic heterocycles. The van der Waals surface area contributed by atoms with E-state index in [2.05, 4.69) is 31.1 Å². The van der Waals surface area contributed by atoms with Gasteiger partial charge in [0.25, 0.3) is 5.91 Å². The molecule has 5 rings (SSSR count). The summed E-state index contributed by atoms with van der Waals surface area (Å²) in [5.74, 6) is 0.00365. The molecule has 1 saturated heterocycles. The molecule has 1 aliphatic heterocycles. The Morgan fingerprint density at radius 3 is 2.92 bits per heavy atom. The first-order valence-corrected chi connectivity index (χ1v) is 12.6. The van der Waals surface area contributed by atoms with Gasteiger partial charge in [-0.3, -0.25) is 19.3 Å². The molecule has 36 heavy (non-hydrogen) atoms. The molecule has 0 radical (unpaired) electrons. The third-order valence-corrected chi connectivity index (χ3v) is 7.30. The Labute approximate surface area is 211 Å². The SMILES string of the molecule is COCCn1cc(-c2cn3ncc(C(=O)Nc4cc(NC(=O)C[C@H]5CCNC5)cnc4C)c3s2)cn1. The summed E-state index contributed by atoms with van der Waals surface area (Å²) >= 11 is 1.47. The number of carbonyl (C=O) groups excluding carboxylic acids is 2. The number of nitrogens with zero attached hydrogens (tertiary/aromatic N) is 5. The highest BCUT2D eigenvalue weighted by molar-refractivity contribution is 7.21. The summed E-state index contributed by atoms with van der Waals surface area (Å²) in [5, 5.41) is 17.8. The number of fused-ring (bicyclic) bond motifs is 1. The Bertz CT molecular complexity index is 1390. The first-order chi connectivity index (χ1) is 17.5. The van der Waals surface area contributed by atoms with Gasteiger partial charge < -0.3 is 20.7 Å². The van der Waals surface area contributed by atoms with Crippen LogP contribution in [0.15, 0.2) is 37.1 Å². The van der Waals surface area contributed by atoms with Crippen molar-refractivity contribution in [1.82, 2.24) is 29.7 Å². The predicted octanol–water partition coefficient (Wildman–Crippen LogP) is 2.80. The van der Waals surface area contributed by atoms with Crippen LogP contribution in [0.4, 0.5) is 11.4 Å². The van der Waals surface area contributed by atoms with Gasteiger partial charge in [0.15, 0.2) is 0 Å². The summed E-state index contributed by atoms with van der Waals surface area (Å²) in [7, 11) is 1.66. The van der Waals surface area contributed by atoms with E-state index in [1.165, 1.54) is 11.3 Å². The number of nitrogens with one attached hydrogen (secondary N) is 3. The van der Waals surface area contributed by atoms with Gasteiger partial charge in [-0.1, -0.05) is 0 Å². The summed E-state index contributed by atoms with van der Waals surface area (Å²) in [4.78, 5) is 31.6. The van der Waals surface area contributed by atoms with E-state index in [-0.39, 0.29) is 11.8 Å². The standard InChI is InChI=1S/C24H28N8O3S/c1-15-20(8-18(11-26-15)29-22(33)7-16-3-4-25-9-16)30-23(34)19-12-28-32-14-21(36-24(19)32)17-10-27-31(13-17)5-6-35-2/h8,10-14,16,25H,3-7,9H2,1-2H3,(H,29,33)(H,30,34)/t16-/m1/s1. The molecule has 0 aromatic carbocycles. The summed E-state index contributed by atoms with van der Waals surface area (Å²) < 4.78 is 8.62.